The summed E-state index contributed by atoms with van der Waals surface area (Å²) in [4.78, 5) is 4.38. The molecule has 1 aromatic carbocycles. The Morgan fingerprint density at radius 3 is 2.29 bits per heavy atom. The number of hydrogen-bond donors (Lipinski definition) is 3. The molecule has 0 aliphatic heterocycles. The van der Waals surface area contributed by atoms with Crippen LogP contribution in [0.3, 0.4) is 0 Å². The van der Waals surface area contributed by atoms with Crippen molar-refractivity contribution >= 4 is 5.96 Å². The van der Waals surface area contributed by atoms with E-state index in [9.17, 15) is 4.39 Å². The molecular formula is C12H19FN4. The summed E-state index contributed by atoms with van der Waals surface area (Å²) in [6.07, 6.45) is 0. The molecule has 1 unspecified atom stereocenters. The fraction of sp³-hybridized carbons (Fsp3) is 0.417. The number of nitrogens with two attached hydrogens (primary N) is 1. The Labute approximate surface area is 101 Å². The van der Waals surface area contributed by atoms with Crippen molar-refractivity contribution in [2.45, 2.75) is 32.9 Å². The number of guanidine groups is 1. The van der Waals surface area contributed by atoms with Crippen LogP contribution in [0.5, 0.6) is 0 Å². The van der Waals surface area contributed by atoms with Crippen molar-refractivity contribution in [3.63, 3.8) is 0 Å². The average molecular weight is 238 g/mol. The van der Waals surface area contributed by atoms with Crippen LogP contribution in [0.2, 0.25) is 0 Å². The largest absolute Gasteiger partial charge is 0.353 e. The maximum absolute atomic E-state index is 12.8. The van der Waals surface area contributed by atoms with Gasteiger partial charge in [0.1, 0.15) is 5.82 Å². The molecule has 0 fully saturated rings. The van der Waals surface area contributed by atoms with E-state index in [0.717, 1.165) is 5.56 Å². The van der Waals surface area contributed by atoms with Crippen molar-refractivity contribution < 1.29 is 4.39 Å². The molecular weight excluding hydrogens is 219 g/mol. The molecule has 1 aromatic rings. The summed E-state index contributed by atoms with van der Waals surface area (Å²) < 4.78 is 12.8. The summed E-state index contributed by atoms with van der Waals surface area (Å²) in [7, 11) is 0. The standard InChI is InChI=1S/C12H19FN4/c1-8(2)15-12(17-14)16-9(3)10-4-6-11(13)7-5-10/h4-9H,14H2,1-3H3,(H2,15,16,17). The number of benzene rings is 1. The first kappa shape index (κ1) is 13.4. The molecule has 17 heavy (non-hydrogen) atoms. The van der Waals surface area contributed by atoms with Crippen LogP contribution in [0, 0.1) is 5.82 Å². The Bertz CT molecular complexity index is 373. The zero-order chi connectivity index (χ0) is 12.8. The predicted molar refractivity (Wildman–Crippen MR) is 67.8 cm³/mol. The van der Waals surface area contributed by atoms with Crippen LogP contribution in [-0.2, 0) is 0 Å². The van der Waals surface area contributed by atoms with E-state index in [1.807, 2.05) is 20.8 Å². The summed E-state index contributed by atoms with van der Waals surface area (Å²) in [6, 6.07) is 6.43. The molecule has 0 aliphatic carbocycles. The van der Waals surface area contributed by atoms with Gasteiger partial charge >= 0.3 is 0 Å². The van der Waals surface area contributed by atoms with Gasteiger partial charge in [0, 0.05) is 6.04 Å². The molecule has 0 saturated carbocycles. The Hall–Kier alpha value is -1.62. The Morgan fingerprint density at radius 2 is 1.82 bits per heavy atom. The van der Waals surface area contributed by atoms with Crippen molar-refractivity contribution in [3.8, 4) is 0 Å². The third-order valence-electron chi connectivity index (χ3n) is 2.24. The van der Waals surface area contributed by atoms with Gasteiger partial charge in [0.25, 0.3) is 0 Å². The van der Waals surface area contributed by atoms with Gasteiger partial charge in [-0.2, -0.15) is 0 Å². The number of rotatable bonds is 3. The van der Waals surface area contributed by atoms with Gasteiger partial charge in [-0.05, 0) is 38.5 Å². The molecule has 1 rings (SSSR count). The summed E-state index contributed by atoms with van der Waals surface area (Å²) in [5, 5.41) is 3.08. The minimum Gasteiger partial charge on any atom is -0.353 e. The second-order valence-corrected chi connectivity index (χ2v) is 4.15. The second kappa shape index (κ2) is 6.20. The third kappa shape index (κ3) is 4.40. The Balaban J connectivity index is 2.77. The van der Waals surface area contributed by atoms with Crippen LogP contribution in [0.1, 0.15) is 32.4 Å². The van der Waals surface area contributed by atoms with Crippen LogP contribution in [0.15, 0.2) is 29.3 Å². The Morgan fingerprint density at radius 1 is 1.24 bits per heavy atom. The molecule has 0 aromatic heterocycles. The molecule has 0 radical (unpaired) electrons. The fourth-order valence-corrected chi connectivity index (χ4v) is 1.40. The van der Waals surface area contributed by atoms with E-state index in [0.29, 0.717) is 5.96 Å². The van der Waals surface area contributed by atoms with E-state index >= 15 is 0 Å². The highest BCUT2D eigenvalue weighted by atomic mass is 19.1. The normalized spacial score (nSPS) is 13.6. The fourth-order valence-electron chi connectivity index (χ4n) is 1.40. The van der Waals surface area contributed by atoms with Crippen LogP contribution in [-0.4, -0.2) is 12.0 Å². The van der Waals surface area contributed by atoms with Crippen molar-refractivity contribution in [1.29, 1.82) is 0 Å². The molecule has 0 bridgehead atoms. The molecule has 0 amide bonds. The minimum atomic E-state index is -0.248. The topological polar surface area (TPSA) is 62.4 Å². The number of nitrogens with zero attached hydrogens (tertiary/aromatic N) is 1. The van der Waals surface area contributed by atoms with Crippen molar-refractivity contribution in [2.24, 2.45) is 10.8 Å². The SMILES string of the molecule is CC(C)NC(=NC(C)c1ccc(F)cc1)NN. The number of hydrogen-bond acceptors (Lipinski definition) is 2. The molecule has 1 atom stereocenters. The van der Waals surface area contributed by atoms with Crippen LogP contribution in [0.4, 0.5) is 4.39 Å². The molecule has 0 spiro atoms. The summed E-state index contributed by atoms with van der Waals surface area (Å²) >= 11 is 0. The van der Waals surface area contributed by atoms with Gasteiger partial charge in [-0.25, -0.2) is 15.2 Å². The summed E-state index contributed by atoms with van der Waals surface area (Å²) in [6.45, 7) is 5.91. The van der Waals surface area contributed by atoms with Gasteiger partial charge in [-0.1, -0.05) is 12.1 Å². The first-order chi connectivity index (χ1) is 8.02. The lowest BCUT2D eigenvalue weighted by molar-refractivity contribution is 0.625. The molecule has 0 heterocycles. The lowest BCUT2D eigenvalue weighted by atomic mass is 10.1. The van der Waals surface area contributed by atoms with Gasteiger partial charge in [0.05, 0.1) is 6.04 Å². The quantitative estimate of drug-likeness (QED) is 0.325. The molecule has 4 N–H and O–H groups in total. The first-order valence-electron chi connectivity index (χ1n) is 5.59. The van der Waals surface area contributed by atoms with Crippen molar-refractivity contribution in [1.82, 2.24) is 10.7 Å². The lowest BCUT2D eigenvalue weighted by Gasteiger charge is -2.15. The van der Waals surface area contributed by atoms with Gasteiger partial charge < -0.3 is 5.32 Å². The number of aliphatic imine (C=N–C) groups is 1. The van der Waals surface area contributed by atoms with Gasteiger partial charge in [-0.15, -0.1) is 0 Å². The maximum Gasteiger partial charge on any atom is 0.206 e. The second-order valence-electron chi connectivity index (χ2n) is 4.15. The molecule has 4 nitrogen and oxygen atoms in total. The predicted octanol–water partition coefficient (Wildman–Crippen LogP) is 1.70. The molecule has 94 valence electrons. The zero-order valence-electron chi connectivity index (χ0n) is 10.4. The van der Waals surface area contributed by atoms with E-state index in [4.69, 9.17) is 5.84 Å². The van der Waals surface area contributed by atoms with Gasteiger partial charge in [-0.3, -0.25) is 5.43 Å². The summed E-state index contributed by atoms with van der Waals surface area (Å²) in [5.41, 5.74) is 3.45. The maximum atomic E-state index is 12.8. The van der Waals surface area contributed by atoms with Crippen LogP contribution < -0.4 is 16.6 Å². The van der Waals surface area contributed by atoms with Gasteiger partial charge in [0.2, 0.25) is 5.96 Å². The number of hydrazine groups is 1. The number of nitrogens with one attached hydrogen (secondary N) is 2. The smallest absolute Gasteiger partial charge is 0.206 e. The molecule has 5 heteroatoms. The highest BCUT2D eigenvalue weighted by Crippen LogP contribution is 2.16. The van der Waals surface area contributed by atoms with E-state index < -0.39 is 0 Å². The average Bonchev–Trinajstić information content (AvgIpc) is 2.28. The monoisotopic (exact) mass is 238 g/mol. The highest BCUT2D eigenvalue weighted by Gasteiger charge is 2.06. The van der Waals surface area contributed by atoms with E-state index in [1.165, 1.54) is 12.1 Å². The van der Waals surface area contributed by atoms with E-state index in [-0.39, 0.29) is 17.9 Å². The summed E-state index contributed by atoms with van der Waals surface area (Å²) in [5.74, 6) is 5.65. The lowest BCUT2D eigenvalue weighted by Crippen LogP contribution is -2.44. The highest BCUT2D eigenvalue weighted by molar-refractivity contribution is 5.79. The zero-order valence-corrected chi connectivity index (χ0v) is 10.4. The first-order valence-corrected chi connectivity index (χ1v) is 5.59. The van der Waals surface area contributed by atoms with Crippen molar-refractivity contribution in [3.05, 3.63) is 35.6 Å². The molecule has 0 aliphatic rings. The van der Waals surface area contributed by atoms with Gasteiger partial charge in [0.15, 0.2) is 0 Å². The van der Waals surface area contributed by atoms with E-state index in [1.54, 1.807) is 12.1 Å². The minimum absolute atomic E-state index is 0.0899. The van der Waals surface area contributed by atoms with Crippen LogP contribution in [0.25, 0.3) is 0 Å². The molecule has 0 saturated heterocycles. The third-order valence-corrected chi connectivity index (χ3v) is 2.24. The van der Waals surface area contributed by atoms with Crippen LogP contribution >= 0.6 is 0 Å². The Kier molecular flexibility index (Phi) is 4.90. The van der Waals surface area contributed by atoms with Crippen molar-refractivity contribution in [2.75, 3.05) is 0 Å². The van der Waals surface area contributed by atoms with E-state index in [2.05, 4.69) is 15.7 Å². The number of halogens is 1.